The van der Waals surface area contributed by atoms with Crippen LogP contribution < -0.4 is 5.32 Å². The van der Waals surface area contributed by atoms with E-state index in [1.807, 2.05) is 54.6 Å². The quantitative estimate of drug-likeness (QED) is 0.179. The third kappa shape index (κ3) is 8.15. The molecule has 8 heteroatoms. The number of aliphatic hydroxyl groups excluding tert-OH is 1. The van der Waals surface area contributed by atoms with Crippen LogP contribution in [0.1, 0.15) is 42.4 Å². The Balaban J connectivity index is 1.29. The van der Waals surface area contributed by atoms with E-state index in [9.17, 15) is 14.7 Å². The van der Waals surface area contributed by atoms with Gasteiger partial charge in [-0.15, -0.1) is 0 Å². The van der Waals surface area contributed by atoms with E-state index in [1.165, 1.54) is 0 Å². The number of ether oxygens (including phenoxy) is 3. The summed E-state index contributed by atoms with van der Waals surface area (Å²) < 4.78 is 17.5. The van der Waals surface area contributed by atoms with E-state index in [-0.39, 0.29) is 37.2 Å². The monoisotopic (exact) mass is 596 g/mol. The molecule has 8 nitrogen and oxygen atoms in total. The zero-order valence-corrected chi connectivity index (χ0v) is 25.1. The molecule has 0 radical (unpaired) electrons. The Morgan fingerprint density at radius 2 is 1.57 bits per heavy atom. The summed E-state index contributed by atoms with van der Waals surface area (Å²) in [6, 6.07) is 31.4. The highest BCUT2D eigenvalue weighted by molar-refractivity contribution is 5.84. The molecule has 0 spiro atoms. The number of nitrogens with one attached hydrogen (secondary N) is 1. The highest BCUT2D eigenvalue weighted by atomic mass is 16.6. The van der Waals surface area contributed by atoms with Crippen molar-refractivity contribution in [3.05, 3.63) is 114 Å². The molecule has 2 amide bonds. The molecule has 2 N–H and O–H groups in total. The van der Waals surface area contributed by atoms with Crippen molar-refractivity contribution in [3.63, 3.8) is 0 Å². The molecule has 3 atom stereocenters. The Kier molecular flexibility index (Phi) is 10.8. The van der Waals surface area contributed by atoms with Crippen LogP contribution in [-0.4, -0.2) is 54.6 Å². The first-order chi connectivity index (χ1) is 21.5. The largest absolute Gasteiger partial charge is 0.449 e. The van der Waals surface area contributed by atoms with Crippen LogP contribution in [0.3, 0.4) is 0 Å². The highest BCUT2D eigenvalue weighted by Gasteiger charge is 2.40. The SMILES string of the molecule is CCCCOC(=O)N1CC(CO)C(c2ccc(COC(=O)Nc3ccccc3)cc2)C(OCc2ccc3ccccc3c2)C1. The van der Waals surface area contributed by atoms with E-state index in [0.717, 1.165) is 40.3 Å². The average Bonchev–Trinajstić information content (AvgIpc) is 3.06. The Labute approximate surface area is 258 Å². The molecule has 1 heterocycles. The zero-order valence-electron chi connectivity index (χ0n) is 25.1. The number of unbranched alkanes of at least 4 members (excludes halogenated alkanes) is 1. The van der Waals surface area contributed by atoms with Crippen LogP contribution in [0.4, 0.5) is 15.3 Å². The van der Waals surface area contributed by atoms with Crippen LogP contribution in [-0.2, 0) is 27.4 Å². The zero-order chi connectivity index (χ0) is 30.7. The van der Waals surface area contributed by atoms with Crippen LogP contribution in [0, 0.1) is 5.92 Å². The van der Waals surface area contributed by atoms with Crippen molar-refractivity contribution >= 4 is 28.6 Å². The number of amides is 2. The Morgan fingerprint density at radius 3 is 2.32 bits per heavy atom. The molecule has 3 unspecified atom stereocenters. The first-order valence-corrected chi connectivity index (χ1v) is 15.2. The van der Waals surface area contributed by atoms with Crippen LogP contribution >= 0.6 is 0 Å². The standard InChI is InChI=1S/C36H40N2O6/c1-2-3-19-42-36(41)38-21-31(23-39)34(33(22-38)43-25-27-15-16-28-9-7-8-10-30(28)20-27)29-17-13-26(14-18-29)24-44-35(40)37-32-11-5-4-6-12-32/h4-18,20,31,33-34,39H,2-3,19,21-25H2,1H3,(H,37,40). The molecular formula is C36H40N2O6. The van der Waals surface area contributed by atoms with Gasteiger partial charge in [0, 0.05) is 30.7 Å². The fourth-order valence-electron chi connectivity index (χ4n) is 5.66. The third-order valence-electron chi connectivity index (χ3n) is 8.01. The summed E-state index contributed by atoms with van der Waals surface area (Å²) in [6.07, 6.45) is 0.462. The summed E-state index contributed by atoms with van der Waals surface area (Å²) in [7, 11) is 0. The summed E-state index contributed by atoms with van der Waals surface area (Å²) in [4.78, 5) is 26.8. The van der Waals surface area contributed by atoms with Crippen LogP contribution in [0.15, 0.2) is 97.1 Å². The second-order valence-electron chi connectivity index (χ2n) is 11.2. The van der Waals surface area contributed by atoms with Gasteiger partial charge in [-0.1, -0.05) is 92.2 Å². The number of nitrogens with zero attached hydrogens (tertiary/aromatic N) is 1. The minimum Gasteiger partial charge on any atom is -0.449 e. The molecule has 0 aromatic heterocycles. The molecule has 5 rings (SSSR count). The summed E-state index contributed by atoms with van der Waals surface area (Å²) >= 11 is 0. The molecule has 230 valence electrons. The number of hydrogen-bond donors (Lipinski definition) is 2. The molecule has 44 heavy (non-hydrogen) atoms. The first-order valence-electron chi connectivity index (χ1n) is 15.2. The van der Waals surface area contributed by atoms with Gasteiger partial charge < -0.3 is 24.2 Å². The molecule has 1 saturated heterocycles. The molecular weight excluding hydrogens is 556 g/mol. The fraction of sp³-hybridized carbons (Fsp3) is 0.333. The van der Waals surface area contributed by atoms with Gasteiger partial charge >= 0.3 is 12.2 Å². The number of fused-ring (bicyclic) bond motifs is 1. The van der Waals surface area contributed by atoms with Crippen LogP contribution in [0.25, 0.3) is 10.8 Å². The lowest BCUT2D eigenvalue weighted by atomic mass is 9.78. The second kappa shape index (κ2) is 15.4. The smallest absolute Gasteiger partial charge is 0.411 e. The normalized spacial score (nSPS) is 18.1. The maximum absolute atomic E-state index is 13.0. The fourth-order valence-corrected chi connectivity index (χ4v) is 5.66. The predicted octanol–water partition coefficient (Wildman–Crippen LogP) is 7.12. The molecule has 1 aliphatic rings. The van der Waals surface area contributed by atoms with Gasteiger partial charge in [-0.3, -0.25) is 5.32 Å². The highest BCUT2D eigenvalue weighted by Crippen LogP contribution is 2.36. The average molecular weight is 597 g/mol. The van der Waals surface area contributed by atoms with Crippen molar-refractivity contribution in [2.24, 2.45) is 5.92 Å². The van der Waals surface area contributed by atoms with E-state index in [4.69, 9.17) is 14.2 Å². The molecule has 0 saturated carbocycles. The molecule has 1 fully saturated rings. The lowest BCUT2D eigenvalue weighted by Gasteiger charge is -2.43. The van der Waals surface area contributed by atoms with Gasteiger partial charge in [0.15, 0.2) is 0 Å². The minimum absolute atomic E-state index is 0.107. The molecule has 0 bridgehead atoms. The Hall–Kier alpha value is -4.40. The summed E-state index contributed by atoms with van der Waals surface area (Å²) in [5.41, 5.74) is 3.53. The second-order valence-corrected chi connectivity index (χ2v) is 11.2. The number of rotatable bonds is 11. The van der Waals surface area contributed by atoms with Gasteiger partial charge in [0.1, 0.15) is 6.61 Å². The third-order valence-corrected chi connectivity index (χ3v) is 8.01. The summed E-state index contributed by atoms with van der Waals surface area (Å²) in [6.45, 7) is 3.52. The van der Waals surface area contributed by atoms with Gasteiger partial charge in [0.25, 0.3) is 0 Å². The van der Waals surface area contributed by atoms with Gasteiger partial charge in [-0.05, 0) is 52.1 Å². The van der Waals surface area contributed by atoms with Gasteiger partial charge in [-0.25, -0.2) is 9.59 Å². The van der Waals surface area contributed by atoms with E-state index in [1.54, 1.807) is 17.0 Å². The van der Waals surface area contributed by atoms with Crippen LogP contribution in [0.5, 0.6) is 0 Å². The number of para-hydroxylation sites is 1. The minimum atomic E-state index is -0.527. The van der Waals surface area contributed by atoms with E-state index < -0.39 is 6.09 Å². The molecule has 1 aliphatic heterocycles. The topological polar surface area (TPSA) is 97.3 Å². The van der Waals surface area contributed by atoms with Crippen LogP contribution in [0.2, 0.25) is 0 Å². The lowest BCUT2D eigenvalue weighted by molar-refractivity contribution is -0.0515. The number of piperidine rings is 1. The van der Waals surface area contributed by atoms with E-state index >= 15 is 0 Å². The maximum Gasteiger partial charge on any atom is 0.411 e. The number of aliphatic hydroxyl groups is 1. The predicted molar refractivity (Wildman–Crippen MR) is 170 cm³/mol. The van der Waals surface area contributed by atoms with Gasteiger partial charge in [-0.2, -0.15) is 0 Å². The van der Waals surface area contributed by atoms with E-state index in [0.29, 0.717) is 32.0 Å². The number of benzene rings is 4. The molecule has 0 aliphatic carbocycles. The Bertz CT molecular complexity index is 1510. The van der Waals surface area contributed by atoms with Crippen molar-refractivity contribution in [2.75, 3.05) is 31.6 Å². The number of likely N-dealkylation sites (tertiary alicyclic amines) is 1. The number of hydrogen-bond acceptors (Lipinski definition) is 6. The van der Waals surface area contributed by atoms with Gasteiger partial charge in [0.2, 0.25) is 0 Å². The summed E-state index contributed by atoms with van der Waals surface area (Å²) in [5.74, 6) is -0.403. The molecule has 4 aromatic rings. The maximum atomic E-state index is 13.0. The number of carbonyl (C=O) groups is 2. The molecule has 4 aromatic carbocycles. The van der Waals surface area contributed by atoms with Crippen molar-refractivity contribution in [3.8, 4) is 0 Å². The number of carbonyl (C=O) groups excluding carboxylic acids is 2. The van der Waals surface area contributed by atoms with E-state index in [2.05, 4.69) is 42.6 Å². The lowest BCUT2D eigenvalue weighted by Crippen LogP contribution is -2.52. The number of anilines is 1. The first kappa shape index (κ1) is 31.0. The summed E-state index contributed by atoms with van der Waals surface area (Å²) in [5, 5.41) is 15.5. The Morgan fingerprint density at radius 1 is 0.841 bits per heavy atom. The van der Waals surface area contributed by atoms with Gasteiger partial charge in [0.05, 0.1) is 25.9 Å². The van der Waals surface area contributed by atoms with Crippen molar-refractivity contribution in [2.45, 2.75) is 45.0 Å². The van der Waals surface area contributed by atoms with Crippen molar-refractivity contribution < 1.29 is 28.9 Å². The van der Waals surface area contributed by atoms with Crippen molar-refractivity contribution in [1.29, 1.82) is 0 Å². The van der Waals surface area contributed by atoms with Crippen molar-refractivity contribution in [1.82, 2.24) is 4.90 Å².